The molecular weight excluding hydrogens is 318 g/mol. The van der Waals surface area contributed by atoms with Crippen molar-refractivity contribution in [3.8, 4) is 0 Å². The number of likely N-dealkylation sites (tertiary alicyclic amines) is 1. The van der Waals surface area contributed by atoms with Crippen LogP contribution >= 0.6 is 0 Å². The number of fused-ring (bicyclic) bond motifs is 1. The van der Waals surface area contributed by atoms with Crippen LogP contribution in [-0.4, -0.2) is 33.9 Å². The molecular formula is C19H19N3O3. The van der Waals surface area contributed by atoms with Crippen LogP contribution in [0.15, 0.2) is 45.6 Å². The summed E-state index contributed by atoms with van der Waals surface area (Å²) in [6.45, 7) is 2.98. The van der Waals surface area contributed by atoms with Gasteiger partial charge >= 0.3 is 0 Å². The van der Waals surface area contributed by atoms with Crippen LogP contribution in [0.5, 0.6) is 0 Å². The maximum Gasteiger partial charge on any atom is 0.260 e. The van der Waals surface area contributed by atoms with Crippen LogP contribution in [0.1, 0.15) is 40.7 Å². The molecule has 1 aliphatic heterocycles. The van der Waals surface area contributed by atoms with Gasteiger partial charge in [0.15, 0.2) is 11.5 Å². The molecule has 2 aromatic heterocycles. The Morgan fingerprint density at radius 1 is 1.20 bits per heavy atom. The second-order valence-electron chi connectivity index (χ2n) is 6.47. The molecule has 6 nitrogen and oxygen atoms in total. The van der Waals surface area contributed by atoms with E-state index in [2.05, 4.69) is 9.97 Å². The Kier molecular flexibility index (Phi) is 3.87. The highest BCUT2D eigenvalue weighted by Crippen LogP contribution is 2.30. The van der Waals surface area contributed by atoms with Crippen molar-refractivity contribution in [1.82, 2.24) is 14.9 Å². The number of benzene rings is 1. The van der Waals surface area contributed by atoms with Gasteiger partial charge in [-0.25, -0.2) is 4.98 Å². The number of nitrogens with one attached hydrogen (secondary N) is 1. The number of amides is 1. The average molecular weight is 337 g/mol. The van der Waals surface area contributed by atoms with Gasteiger partial charge in [-0.05, 0) is 44.0 Å². The molecule has 1 aromatic carbocycles. The van der Waals surface area contributed by atoms with Gasteiger partial charge in [0, 0.05) is 24.7 Å². The molecule has 1 N–H and O–H groups in total. The molecule has 0 bridgehead atoms. The fourth-order valence-corrected chi connectivity index (χ4v) is 3.31. The largest absolute Gasteiger partial charge is 0.440 e. The number of pyridine rings is 1. The van der Waals surface area contributed by atoms with Gasteiger partial charge in [0.25, 0.3) is 11.5 Å². The first-order valence-corrected chi connectivity index (χ1v) is 8.46. The molecule has 1 aliphatic rings. The van der Waals surface area contributed by atoms with Crippen molar-refractivity contribution < 1.29 is 9.21 Å². The molecule has 6 heteroatoms. The van der Waals surface area contributed by atoms with E-state index in [0.717, 1.165) is 35.5 Å². The third-order valence-electron chi connectivity index (χ3n) is 4.73. The van der Waals surface area contributed by atoms with Gasteiger partial charge in [-0.3, -0.25) is 9.59 Å². The maximum absolute atomic E-state index is 12.6. The van der Waals surface area contributed by atoms with Crippen molar-refractivity contribution in [2.45, 2.75) is 25.7 Å². The minimum Gasteiger partial charge on any atom is -0.440 e. The van der Waals surface area contributed by atoms with Crippen molar-refractivity contribution in [3.05, 3.63) is 63.9 Å². The molecule has 0 aliphatic carbocycles. The highest BCUT2D eigenvalue weighted by atomic mass is 16.3. The van der Waals surface area contributed by atoms with E-state index in [4.69, 9.17) is 4.42 Å². The Morgan fingerprint density at radius 2 is 1.96 bits per heavy atom. The van der Waals surface area contributed by atoms with Gasteiger partial charge < -0.3 is 14.3 Å². The third-order valence-corrected chi connectivity index (χ3v) is 4.73. The molecule has 3 heterocycles. The van der Waals surface area contributed by atoms with E-state index in [1.807, 2.05) is 24.3 Å². The van der Waals surface area contributed by atoms with E-state index < -0.39 is 0 Å². The molecule has 0 radical (unpaired) electrons. The molecule has 1 amide bonds. The number of carbonyl (C=O) groups is 1. The third kappa shape index (κ3) is 2.95. The Balaban J connectivity index is 1.47. The Labute approximate surface area is 144 Å². The predicted molar refractivity (Wildman–Crippen MR) is 93.7 cm³/mol. The lowest BCUT2D eigenvalue weighted by Gasteiger charge is -2.30. The number of aryl methyl sites for hydroxylation is 1. The van der Waals surface area contributed by atoms with E-state index in [0.29, 0.717) is 13.1 Å². The lowest BCUT2D eigenvalue weighted by molar-refractivity contribution is 0.0705. The van der Waals surface area contributed by atoms with Crippen LogP contribution in [0.2, 0.25) is 0 Å². The van der Waals surface area contributed by atoms with E-state index in [1.54, 1.807) is 24.0 Å². The quantitative estimate of drug-likeness (QED) is 0.780. The normalized spacial score (nSPS) is 15.6. The summed E-state index contributed by atoms with van der Waals surface area (Å²) < 4.78 is 5.85. The molecule has 0 saturated carbocycles. The van der Waals surface area contributed by atoms with Crippen LogP contribution in [-0.2, 0) is 0 Å². The van der Waals surface area contributed by atoms with E-state index in [1.165, 1.54) is 0 Å². The fraction of sp³-hybridized carbons (Fsp3) is 0.316. The van der Waals surface area contributed by atoms with Crippen LogP contribution in [0.25, 0.3) is 11.1 Å². The molecule has 1 fully saturated rings. The second-order valence-corrected chi connectivity index (χ2v) is 6.47. The highest BCUT2D eigenvalue weighted by Gasteiger charge is 2.28. The summed E-state index contributed by atoms with van der Waals surface area (Å²) in [4.78, 5) is 33.5. The van der Waals surface area contributed by atoms with Crippen LogP contribution in [0.4, 0.5) is 0 Å². The SMILES string of the molecule is Cc1ccc(C(=O)N2CCC(c3nc4ccccc4o3)CC2)c(=O)[nH]1. The molecule has 0 atom stereocenters. The van der Waals surface area contributed by atoms with Gasteiger partial charge in [0.1, 0.15) is 11.1 Å². The number of aromatic amines is 1. The Bertz CT molecular complexity index is 948. The Hall–Kier alpha value is -2.89. The minimum absolute atomic E-state index is 0.200. The fourth-order valence-electron chi connectivity index (χ4n) is 3.31. The second kappa shape index (κ2) is 6.20. The number of aromatic nitrogens is 2. The zero-order chi connectivity index (χ0) is 17.4. The van der Waals surface area contributed by atoms with Crippen LogP contribution < -0.4 is 5.56 Å². The number of hydrogen-bond donors (Lipinski definition) is 1. The zero-order valence-electron chi connectivity index (χ0n) is 14.0. The monoisotopic (exact) mass is 337 g/mol. The molecule has 1 saturated heterocycles. The summed E-state index contributed by atoms with van der Waals surface area (Å²) in [7, 11) is 0. The van der Waals surface area contributed by atoms with Crippen molar-refractivity contribution in [3.63, 3.8) is 0 Å². The summed E-state index contributed by atoms with van der Waals surface area (Å²) in [6, 6.07) is 11.1. The standard InChI is InChI=1S/C19H19N3O3/c1-12-6-7-14(17(23)20-12)19(24)22-10-8-13(9-11-22)18-21-15-4-2-3-5-16(15)25-18/h2-7,13H,8-11H2,1H3,(H,20,23). The number of para-hydroxylation sites is 2. The summed E-state index contributed by atoms with van der Waals surface area (Å²) in [5, 5.41) is 0. The molecule has 3 aromatic rings. The van der Waals surface area contributed by atoms with Gasteiger partial charge in [-0.15, -0.1) is 0 Å². The lowest BCUT2D eigenvalue weighted by Crippen LogP contribution is -2.40. The number of carbonyl (C=O) groups excluding carboxylic acids is 1. The summed E-state index contributed by atoms with van der Waals surface area (Å²) in [5.41, 5.74) is 2.28. The first kappa shape index (κ1) is 15.6. The van der Waals surface area contributed by atoms with Gasteiger partial charge in [-0.2, -0.15) is 0 Å². The topological polar surface area (TPSA) is 79.2 Å². The summed E-state index contributed by atoms with van der Waals surface area (Å²) in [6.07, 6.45) is 1.56. The summed E-state index contributed by atoms with van der Waals surface area (Å²) >= 11 is 0. The van der Waals surface area contributed by atoms with Crippen molar-refractivity contribution in [1.29, 1.82) is 0 Å². The molecule has 0 unspecified atom stereocenters. The van der Waals surface area contributed by atoms with Gasteiger partial charge in [0.2, 0.25) is 0 Å². The number of hydrogen-bond acceptors (Lipinski definition) is 4. The minimum atomic E-state index is -0.328. The molecule has 128 valence electrons. The number of rotatable bonds is 2. The molecule has 0 spiro atoms. The average Bonchev–Trinajstić information content (AvgIpc) is 3.05. The van der Waals surface area contributed by atoms with E-state index in [-0.39, 0.29) is 22.9 Å². The predicted octanol–water partition coefficient (Wildman–Crippen LogP) is 2.84. The van der Waals surface area contributed by atoms with E-state index in [9.17, 15) is 9.59 Å². The zero-order valence-corrected chi connectivity index (χ0v) is 14.0. The number of H-pyrrole nitrogens is 1. The van der Waals surface area contributed by atoms with Crippen molar-refractivity contribution >= 4 is 17.0 Å². The molecule has 25 heavy (non-hydrogen) atoms. The maximum atomic E-state index is 12.6. The highest BCUT2D eigenvalue weighted by molar-refractivity contribution is 5.93. The van der Waals surface area contributed by atoms with Gasteiger partial charge in [-0.1, -0.05) is 12.1 Å². The smallest absolute Gasteiger partial charge is 0.260 e. The van der Waals surface area contributed by atoms with Crippen molar-refractivity contribution in [2.24, 2.45) is 0 Å². The van der Waals surface area contributed by atoms with Gasteiger partial charge in [0.05, 0.1) is 0 Å². The first-order chi connectivity index (χ1) is 12.1. The first-order valence-electron chi connectivity index (χ1n) is 8.46. The number of piperidine rings is 1. The van der Waals surface area contributed by atoms with E-state index >= 15 is 0 Å². The van der Waals surface area contributed by atoms with Crippen LogP contribution in [0, 0.1) is 6.92 Å². The van der Waals surface area contributed by atoms with Crippen LogP contribution in [0.3, 0.4) is 0 Å². The van der Waals surface area contributed by atoms with Crippen molar-refractivity contribution in [2.75, 3.05) is 13.1 Å². The Morgan fingerprint density at radius 3 is 2.68 bits per heavy atom. The number of nitrogens with zero attached hydrogens (tertiary/aromatic N) is 2. The number of oxazole rings is 1. The molecule has 4 rings (SSSR count). The lowest BCUT2D eigenvalue weighted by atomic mass is 9.96. The summed E-state index contributed by atoms with van der Waals surface area (Å²) in [5.74, 6) is 0.728.